The molecule has 2 aromatic rings. The van der Waals surface area contributed by atoms with E-state index < -0.39 is 10.1 Å². The van der Waals surface area contributed by atoms with Gasteiger partial charge in [-0.25, -0.2) is 9.97 Å². The van der Waals surface area contributed by atoms with Crippen LogP contribution in [0.4, 0.5) is 11.6 Å². The van der Waals surface area contributed by atoms with E-state index in [9.17, 15) is 8.42 Å². The van der Waals surface area contributed by atoms with E-state index in [1.807, 2.05) is 21.0 Å². The summed E-state index contributed by atoms with van der Waals surface area (Å²) in [5.41, 5.74) is 0.956. The average molecular weight is 336 g/mol. The van der Waals surface area contributed by atoms with Gasteiger partial charge in [0.25, 0.3) is 10.1 Å². The highest BCUT2D eigenvalue weighted by Gasteiger charge is 2.29. The number of rotatable bonds is 1. The molecule has 8 heteroatoms. The molecule has 0 radical (unpaired) electrons. The zero-order valence-corrected chi connectivity index (χ0v) is 14.3. The molecule has 3 rings (SSSR count). The van der Waals surface area contributed by atoms with Crippen LogP contribution in [-0.4, -0.2) is 43.2 Å². The highest BCUT2D eigenvalue weighted by molar-refractivity contribution is 7.85. The monoisotopic (exact) mass is 336 g/mol. The molecule has 2 heterocycles. The Morgan fingerprint density at radius 3 is 1.83 bits per heavy atom. The van der Waals surface area contributed by atoms with Gasteiger partial charge in [0.1, 0.15) is 6.17 Å². The molecule has 0 unspecified atom stereocenters. The zero-order valence-electron chi connectivity index (χ0n) is 13.5. The minimum absolute atomic E-state index is 0.0666. The van der Waals surface area contributed by atoms with Crippen molar-refractivity contribution >= 4 is 21.8 Å². The number of aryl methyl sites for hydroxylation is 1. The van der Waals surface area contributed by atoms with E-state index in [0.717, 1.165) is 17.2 Å². The summed E-state index contributed by atoms with van der Waals surface area (Å²) in [5, 5.41) is 0. The number of fused-ring (bicyclic) bond motifs is 1. The Labute approximate surface area is 136 Å². The second-order valence-corrected chi connectivity index (χ2v) is 6.77. The van der Waals surface area contributed by atoms with E-state index in [4.69, 9.17) is 4.55 Å². The number of aromatic nitrogens is 2. The number of hydrogen-bond donors (Lipinski definition) is 1. The molecule has 1 aliphatic rings. The van der Waals surface area contributed by atoms with Crippen molar-refractivity contribution in [1.29, 1.82) is 0 Å². The fraction of sp³-hybridized carbons (Fsp3) is 0.333. The molecule has 1 aromatic heterocycles. The van der Waals surface area contributed by atoms with E-state index in [2.05, 4.69) is 26.7 Å². The normalized spacial score (nSPS) is 14.3. The van der Waals surface area contributed by atoms with Gasteiger partial charge in [0.2, 0.25) is 0 Å². The molecule has 1 N–H and O–H groups in total. The lowest BCUT2D eigenvalue weighted by atomic mass is 10.2. The molecular weight excluding hydrogens is 316 g/mol. The Balaban J connectivity index is 0.000000168. The third-order valence-electron chi connectivity index (χ3n) is 3.77. The van der Waals surface area contributed by atoms with Crippen molar-refractivity contribution in [2.75, 3.05) is 23.9 Å². The van der Waals surface area contributed by atoms with Crippen molar-refractivity contribution in [2.24, 2.45) is 0 Å². The molecule has 1 aromatic carbocycles. The Morgan fingerprint density at radius 2 is 1.43 bits per heavy atom. The van der Waals surface area contributed by atoms with Gasteiger partial charge >= 0.3 is 0 Å². The van der Waals surface area contributed by atoms with Crippen molar-refractivity contribution < 1.29 is 13.0 Å². The van der Waals surface area contributed by atoms with Gasteiger partial charge in [-0.3, -0.25) is 4.55 Å². The molecule has 7 nitrogen and oxygen atoms in total. The van der Waals surface area contributed by atoms with E-state index in [1.54, 1.807) is 24.5 Å². The SMILES string of the molecule is CC1N(C)c2nccnc2N1C.Cc1ccc(S(=O)(=O)O)cc1. The van der Waals surface area contributed by atoms with Gasteiger partial charge in [-0.2, -0.15) is 8.42 Å². The summed E-state index contributed by atoms with van der Waals surface area (Å²) in [5.74, 6) is 1.93. The molecule has 0 saturated heterocycles. The fourth-order valence-electron chi connectivity index (χ4n) is 2.14. The summed E-state index contributed by atoms with van der Waals surface area (Å²) in [6.07, 6.45) is 3.80. The van der Waals surface area contributed by atoms with Crippen molar-refractivity contribution in [1.82, 2.24) is 9.97 Å². The first-order chi connectivity index (χ1) is 10.7. The molecule has 0 saturated carbocycles. The smallest absolute Gasteiger partial charge is 0.294 e. The lowest BCUT2D eigenvalue weighted by molar-refractivity contribution is 0.483. The topological polar surface area (TPSA) is 86.6 Å². The van der Waals surface area contributed by atoms with Crippen LogP contribution < -0.4 is 9.80 Å². The third-order valence-corrected chi connectivity index (χ3v) is 4.64. The first kappa shape index (κ1) is 17.2. The van der Waals surface area contributed by atoms with Gasteiger partial charge in [-0.05, 0) is 26.0 Å². The summed E-state index contributed by atoms with van der Waals surface area (Å²) in [6, 6.07) is 5.99. The summed E-state index contributed by atoms with van der Waals surface area (Å²) in [7, 11) is 0.0393. The molecule has 124 valence electrons. The van der Waals surface area contributed by atoms with E-state index >= 15 is 0 Å². The minimum Gasteiger partial charge on any atom is -0.336 e. The Kier molecular flexibility index (Phi) is 4.86. The van der Waals surface area contributed by atoms with E-state index in [1.165, 1.54) is 12.1 Å². The van der Waals surface area contributed by atoms with Crippen LogP contribution in [0.15, 0.2) is 41.6 Å². The number of nitrogens with zero attached hydrogens (tertiary/aromatic N) is 4. The van der Waals surface area contributed by atoms with Crippen molar-refractivity contribution in [3.05, 3.63) is 42.2 Å². The summed E-state index contributed by atoms with van der Waals surface area (Å²) < 4.78 is 29.6. The first-order valence-corrected chi connectivity index (χ1v) is 8.46. The third kappa shape index (κ3) is 3.77. The van der Waals surface area contributed by atoms with Crippen LogP contribution in [-0.2, 0) is 10.1 Å². The Morgan fingerprint density at radius 1 is 1.00 bits per heavy atom. The molecule has 1 aliphatic heterocycles. The quantitative estimate of drug-likeness (QED) is 0.796. The zero-order chi connectivity index (χ0) is 17.2. The van der Waals surface area contributed by atoms with Crippen LogP contribution in [0, 0.1) is 6.92 Å². The van der Waals surface area contributed by atoms with E-state index in [0.29, 0.717) is 6.17 Å². The number of hydrogen-bond acceptors (Lipinski definition) is 6. The molecule has 0 fully saturated rings. The maximum atomic E-state index is 10.5. The van der Waals surface area contributed by atoms with Crippen molar-refractivity contribution in [2.45, 2.75) is 24.9 Å². The summed E-state index contributed by atoms with van der Waals surface area (Å²) >= 11 is 0. The molecule has 23 heavy (non-hydrogen) atoms. The maximum Gasteiger partial charge on any atom is 0.294 e. The lowest BCUT2D eigenvalue weighted by Crippen LogP contribution is -2.36. The standard InChI is InChI=1S/C8H12N4.C7H8O3S/c1-6-11(2)7-8(12(6)3)10-5-4-9-7;1-6-2-4-7(5-3-6)11(8,9)10/h4-6H,1-3H3;2-5H,1H3,(H,8,9,10). The summed E-state index contributed by atoms with van der Waals surface area (Å²) in [6.45, 7) is 3.97. The van der Waals surface area contributed by atoms with Crippen molar-refractivity contribution in [3.8, 4) is 0 Å². The Bertz CT molecular complexity index is 749. The van der Waals surface area contributed by atoms with Gasteiger partial charge in [-0.1, -0.05) is 17.7 Å². The molecule has 0 amide bonds. The highest BCUT2D eigenvalue weighted by atomic mass is 32.2. The first-order valence-electron chi connectivity index (χ1n) is 7.02. The molecule has 0 spiro atoms. The van der Waals surface area contributed by atoms with Gasteiger partial charge in [0, 0.05) is 26.5 Å². The number of anilines is 2. The molecular formula is C15H20N4O3S. The van der Waals surface area contributed by atoms with E-state index in [-0.39, 0.29) is 4.90 Å². The minimum atomic E-state index is -4.02. The van der Waals surface area contributed by atoms with Gasteiger partial charge < -0.3 is 9.80 Å². The van der Waals surface area contributed by atoms with Crippen molar-refractivity contribution in [3.63, 3.8) is 0 Å². The van der Waals surface area contributed by atoms with Crippen LogP contribution in [0.3, 0.4) is 0 Å². The Hall–Kier alpha value is -2.19. The van der Waals surface area contributed by atoms with Gasteiger partial charge in [0.05, 0.1) is 4.90 Å². The second-order valence-electron chi connectivity index (χ2n) is 5.35. The van der Waals surface area contributed by atoms with Crippen LogP contribution in [0.25, 0.3) is 0 Å². The maximum absolute atomic E-state index is 10.5. The average Bonchev–Trinajstić information content (AvgIpc) is 2.73. The fourth-order valence-corrected chi connectivity index (χ4v) is 2.62. The molecule has 0 atom stereocenters. The predicted molar refractivity (Wildman–Crippen MR) is 89.3 cm³/mol. The predicted octanol–water partition coefficient (Wildman–Crippen LogP) is 1.95. The second kappa shape index (κ2) is 6.51. The van der Waals surface area contributed by atoms with Crippen LogP contribution >= 0.6 is 0 Å². The lowest BCUT2D eigenvalue weighted by Gasteiger charge is -2.21. The van der Waals surface area contributed by atoms with Crippen LogP contribution in [0.5, 0.6) is 0 Å². The van der Waals surface area contributed by atoms with Crippen LogP contribution in [0.2, 0.25) is 0 Å². The highest BCUT2D eigenvalue weighted by Crippen LogP contribution is 2.32. The van der Waals surface area contributed by atoms with Gasteiger partial charge in [0.15, 0.2) is 11.6 Å². The van der Waals surface area contributed by atoms with Crippen LogP contribution in [0.1, 0.15) is 12.5 Å². The largest absolute Gasteiger partial charge is 0.336 e. The number of benzene rings is 1. The summed E-state index contributed by atoms with van der Waals surface area (Å²) in [4.78, 5) is 12.7. The van der Waals surface area contributed by atoms with Gasteiger partial charge in [-0.15, -0.1) is 0 Å². The molecule has 0 aliphatic carbocycles. The molecule has 0 bridgehead atoms.